The average molecular weight is 255 g/mol. The first-order chi connectivity index (χ1) is 8.62. The Kier molecular flexibility index (Phi) is 5.74. The molecule has 0 aliphatic rings. The van der Waals surface area contributed by atoms with Gasteiger partial charge in [-0.15, -0.1) is 0 Å². The van der Waals surface area contributed by atoms with Gasteiger partial charge < -0.3 is 19.0 Å². The first-order valence-electron chi connectivity index (χ1n) is 5.79. The Bertz CT molecular complexity index is 379. The zero-order chi connectivity index (χ0) is 13.5. The number of rotatable bonds is 7. The van der Waals surface area contributed by atoms with Gasteiger partial charge in [0.2, 0.25) is 0 Å². The molecule has 1 aromatic carbocycles. The lowest BCUT2D eigenvalue weighted by Gasteiger charge is -2.17. The molecule has 1 aromatic rings. The smallest absolute Gasteiger partial charge is 0.165 e. The molecule has 102 valence electrons. The van der Waals surface area contributed by atoms with Crippen LogP contribution < -0.4 is 19.7 Å². The molecule has 1 rings (SSSR count). The van der Waals surface area contributed by atoms with Crippen molar-refractivity contribution in [2.24, 2.45) is 0 Å². The van der Waals surface area contributed by atoms with E-state index in [1.165, 1.54) is 0 Å². The summed E-state index contributed by atoms with van der Waals surface area (Å²) in [6.07, 6.45) is 0.0755. The van der Waals surface area contributed by atoms with Gasteiger partial charge in [0.05, 0.1) is 27.4 Å². The highest BCUT2D eigenvalue weighted by atomic mass is 16.6. The normalized spacial score (nSPS) is 10.6. The second-order valence-corrected chi connectivity index (χ2v) is 4.01. The molecule has 0 aliphatic heterocycles. The van der Waals surface area contributed by atoms with Crippen molar-refractivity contribution in [3.05, 3.63) is 17.7 Å². The van der Waals surface area contributed by atoms with Crippen molar-refractivity contribution in [3.8, 4) is 17.2 Å². The molecule has 0 fully saturated rings. The number of ether oxygens (including phenoxy) is 3. The van der Waals surface area contributed by atoms with E-state index in [-0.39, 0.29) is 6.10 Å². The van der Waals surface area contributed by atoms with E-state index < -0.39 is 0 Å². The molecule has 0 amide bonds. The van der Waals surface area contributed by atoms with Crippen LogP contribution in [0, 0.1) is 0 Å². The summed E-state index contributed by atoms with van der Waals surface area (Å²) < 4.78 is 16.3. The van der Waals surface area contributed by atoms with Gasteiger partial charge in [-0.3, -0.25) is 0 Å². The van der Waals surface area contributed by atoms with Crippen molar-refractivity contribution in [2.45, 2.75) is 26.5 Å². The number of nitrogens with one attached hydrogen (secondary N) is 1. The van der Waals surface area contributed by atoms with Gasteiger partial charge in [0.15, 0.2) is 11.5 Å². The van der Waals surface area contributed by atoms with Crippen LogP contribution in [0.2, 0.25) is 0 Å². The maximum absolute atomic E-state index is 5.68. The van der Waals surface area contributed by atoms with Crippen LogP contribution in [-0.2, 0) is 11.4 Å². The second-order valence-electron chi connectivity index (χ2n) is 4.01. The standard InChI is InChI=1S/C13H21NO4/c1-9(2)18-13-7-11(15-3)10(8-14-17-5)6-12(13)16-4/h6-7,9,14H,8H2,1-5H3. The molecule has 0 atom stereocenters. The molecule has 0 aromatic heterocycles. The summed E-state index contributed by atoms with van der Waals surface area (Å²) in [7, 11) is 4.81. The molecule has 0 saturated heterocycles. The summed E-state index contributed by atoms with van der Waals surface area (Å²) >= 11 is 0. The highest BCUT2D eigenvalue weighted by molar-refractivity contribution is 5.50. The van der Waals surface area contributed by atoms with Gasteiger partial charge in [0, 0.05) is 18.2 Å². The molecule has 5 nitrogen and oxygen atoms in total. The van der Waals surface area contributed by atoms with Crippen LogP contribution in [-0.4, -0.2) is 27.4 Å². The molecule has 0 saturated carbocycles. The molecular weight excluding hydrogens is 234 g/mol. The highest BCUT2D eigenvalue weighted by Gasteiger charge is 2.13. The van der Waals surface area contributed by atoms with Gasteiger partial charge in [-0.1, -0.05) is 0 Å². The lowest BCUT2D eigenvalue weighted by Crippen LogP contribution is -2.12. The minimum atomic E-state index is 0.0755. The van der Waals surface area contributed by atoms with Crippen LogP contribution in [0.4, 0.5) is 0 Å². The maximum atomic E-state index is 5.68. The van der Waals surface area contributed by atoms with Crippen LogP contribution in [0.5, 0.6) is 17.2 Å². The molecule has 0 spiro atoms. The molecular formula is C13H21NO4. The van der Waals surface area contributed by atoms with Crippen molar-refractivity contribution in [3.63, 3.8) is 0 Å². The van der Waals surface area contributed by atoms with Crippen molar-refractivity contribution in [1.82, 2.24) is 5.48 Å². The van der Waals surface area contributed by atoms with Crippen molar-refractivity contribution >= 4 is 0 Å². The Labute approximate surface area is 108 Å². The fourth-order valence-corrected chi connectivity index (χ4v) is 1.57. The molecule has 0 radical (unpaired) electrons. The molecule has 0 heterocycles. The average Bonchev–Trinajstić information content (AvgIpc) is 2.35. The van der Waals surface area contributed by atoms with Gasteiger partial charge in [0.1, 0.15) is 5.75 Å². The zero-order valence-electron chi connectivity index (χ0n) is 11.6. The lowest BCUT2D eigenvalue weighted by atomic mass is 10.1. The van der Waals surface area contributed by atoms with E-state index >= 15 is 0 Å². The minimum Gasteiger partial charge on any atom is -0.496 e. The quantitative estimate of drug-likeness (QED) is 0.756. The third-order valence-electron chi connectivity index (χ3n) is 2.34. The van der Waals surface area contributed by atoms with E-state index in [0.717, 1.165) is 11.3 Å². The number of benzene rings is 1. The Balaban J connectivity index is 3.06. The zero-order valence-corrected chi connectivity index (χ0v) is 11.6. The first kappa shape index (κ1) is 14.6. The van der Waals surface area contributed by atoms with E-state index in [9.17, 15) is 0 Å². The van der Waals surface area contributed by atoms with E-state index in [2.05, 4.69) is 5.48 Å². The van der Waals surface area contributed by atoms with Crippen molar-refractivity contribution < 1.29 is 19.0 Å². The maximum Gasteiger partial charge on any atom is 0.165 e. The van der Waals surface area contributed by atoms with E-state index in [1.807, 2.05) is 26.0 Å². The summed E-state index contributed by atoms with van der Waals surface area (Å²) in [5.41, 5.74) is 3.71. The predicted octanol–water partition coefficient (Wildman–Crippen LogP) is 2.14. The Hall–Kier alpha value is -1.46. The third-order valence-corrected chi connectivity index (χ3v) is 2.34. The van der Waals surface area contributed by atoms with E-state index in [4.69, 9.17) is 19.0 Å². The molecule has 1 N–H and O–H groups in total. The largest absolute Gasteiger partial charge is 0.496 e. The molecule has 0 aliphatic carbocycles. The number of hydrogen-bond acceptors (Lipinski definition) is 5. The monoisotopic (exact) mass is 255 g/mol. The highest BCUT2D eigenvalue weighted by Crippen LogP contribution is 2.35. The number of hydrogen-bond donors (Lipinski definition) is 1. The summed E-state index contributed by atoms with van der Waals surface area (Å²) in [5.74, 6) is 2.08. The number of hydroxylamine groups is 1. The van der Waals surface area contributed by atoms with Crippen LogP contribution in [0.1, 0.15) is 19.4 Å². The first-order valence-corrected chi connectivity index (χ1v) is 5.79. The summed E-state index contributed by atoms with van der Waals surface area (Å²) in [6.45, 7) is 4.45. The van der Waals surface area contributed by atoms with Crippen molar-refractivity contribution in [2.75, 3.05) is 21.3 Å². The fourth-order valence-electron chi connectivity index (χ4n) is 1.57. The van der Waals surface area contributed by atoms with Crippen LogP contribution >= 0.6 is 0 Å². The Morgan fingerprint density at radius 1 is 1.00 bits per heavy atom. The van der Waals surface area contributed by atoms with Crippen LogP contribution in [0.3, 0.4) is 0 Å². The molecule has 0 unspecified atom stereocenters. The van der Waals surface area contributed by atoms with Crippen molar-refractivity contribution in [1.29, 1.82) is 0 Å². The summed E-state index contributed by atoms with van der Waals surface area (Å²) in [5, 5.41) is 0. The van der Waals surface area contributed by atoms with E-state index in [0.29, 0.717) is 18.0 Å². The molecule has 0 bridgehead atoms. The minimum absolute atomic E-state index is 0.0755. The van der Waals surface area contributed by atoms with Gasteiger partial charge >= 0.3 is 0 Å². The second kappa shape index (κ2) is 7.08. The van der Waals surface area contributed by atoms with Gasteiger partial charge in [0.25, 0.3) is 0 Å². The summed E-state index contributed by atoms with van der Waals surface area (Å²) in [6, 6.07) is 3.70. The topological polar surface area (TPSA) is 49.0 Å². The van der Waals surface area contributed by atoms with Gasteiger partial charge in [-0.25, -0.2) is 0 Å². The Morgan fingerprint density at radius 2 is 1.67 bits per heavy atom. The van der Waals surface area contributed by atoms with Gasteiger partial charge in [-0.2, -0.15) is 5.48 Å². The number of methoxy groups -OCH3 is 2. The van der Waals surface area contributed by atoms with Crippen LogP contribution in [0.25, 0.3) is 0 Å². The fraction of sp³-hybridized carbons (Fsp3) is 0.538. The Morgan fingerprint density at radius 3 is 2.17 bits per heavy atom. The SMILES string of the molecule is CONCc1cc(OC)c(OC(C)C)cc1OC. The molecule has 18 heavy (non-hydrogen) atoms. The lowest BCUT2D eigenvalue weighted by molar-refractivity contribution is 0.0860. The van der Waals surface area contributed by atoms with Gasteiger partial charge in [-0.05, 0) is 19.9 Å². The van der Waals surface area contributed by atoms with E-state index in [1.54, 1.807) is 21.3 Å². The predicted molar refractivity (Wildman–Crippen MR) is 69.2 cm³/mol. The third kappa shape index (κ3) is 3.78. The van der Waals surface area contributed by atoms with Crippen LogP contribution in [0.15, 0.2) is 12.1 Å². The molecule has 5 heteroatoms. The summed E-state index contributed by atoms with van der Waals surface area (Å²) in [4.78, 5) is 4.84.